The maximum Gasteiger partial charge on any atom is 0.0509 e. The van der Waals surface area contributed by atoms with Crippen molar-refractivity contribution in [1.29, 1.82) is 0 Å². The van der Waals surface area contributed by atoms with Crippen LogP contribution in [0.4, 0.5) is 5.69 Å². The average Bonchev–Trinajstić information content (AvgIpc) is 2.38. The first kappa shape index (κ1) is 13.7. The first-order valence-electron chi connectivity index (χ1n) is 6.75. The Hall–Kier alpha value is -0.760. The van der Waals surface area contributed by atoms with Crippen LogP contribution in [0.3, 0.4) is 0 Å². The Labute approximate surface area is 115 Å². The minimum atomic E-state index is 0.519. The van der Waals surface area contributed by atoms with Crippen LogP contribution in [0.15, 0.2) is 18.5 Å². The van der Waals surface area contributed by atoms with E-state index in [0.29, 0.717) is 17.3 Å². The second-order valence-corrected chi connectivity index (χ2v) is 6.41. The number of halogens is 1. The van der Waals surface area contributed by atoms with Crippen molar-refractivity contribution in [2.45, 2.75) is 51.5 Å². The Morgan fingerprint density at radius 2 is 2.06 bits per heavy atom. The van der Waals surface area contributed by atoms with Gasteiger partial charge < -0.3 is 4.90 Å². The summed E-state index contributed by atoms with van der Waals surface area (Å²) < 4.78 is 0. The molecule has 100 valence electrons. The number of rotatable bonds is 3. The van der Waals surface area contributed by atoms with Crippen molar-refractivity contribution in [2.24, 2.45) is 5.41 Å². The van der Waals surface area contributed by atoms with Crippen molar-refractivity contribution in [1.82, 2.24) is 4.98 Å². The molecule has 0 unspecified atom stereocenters. The Morgan fingerprint density at radius 3 is 2.67 bits per heavy atom. The highest BCUT2D eigenvalue weighted by Gasteiger charge is 2.29. The number of hydrogen-bond donors (Lipinski definition) is 0. The van der Waals surface area contributed by atoms with Crippen LogP contribution in [0, 0.1) is 5.41 Å². The fourth-order valence-corrected chi connectivity index (χ4v) is 3.04. The second kappa shape index (κ2) is 5.48. The molecular weight excluding hydrogens is 244 g/mol. The Morgan fingerprint density at radius 1 is 1.39 bits per heavy atom. The summed E-state index contributed by atoms with van der Waals surface area (Å²) in [6.07, 6.45) is 8.90. The normalized spacial score (nSPS) is 19.8. The van der Waals surface area contributed by atoms with E-state index < -0.39 is 0 Å². The van der Waals surface area contributed by atoms with Gasteiger partial charge in [0.1, 0.15) is 0 Å². The van der Waals surface area contributed by atoms with E-state index in [9.17, 15) is 0 Å². The maximum absolute atomic E-state index is 5.99. The Bertz CT molecular complexity index is 393. The smallest absolute Gasteiger partial charge is 0.0509 e. The van der Waals surface area contributed by atoms with E-state index in [0.717, 1.165) is 5.56 Å². The molecule has 0 amide bonds. The molecule has 2 nitrogen and oxygen atoms in total. The van der Waals surface area contributed by atoms with E-state index in [2.05, 4.69) is 36.8 Å². The molecule has 0 aliphatic heterocycles. The van der Waals surface area contributed by atoms with E-state index in [4.69, 9.17) is 11.6 Å². The molecule has 1 fully saturated rings. The molecule has 0 N–H and O–H groups in total. The zero-order chi connectivity index (χ0) is 13.2. The first-order valence-corrected chi connectivity index (χ1v) is 7.29. The lowest BCUT2D eigenvalue weighted by molar-refractivity contribution is 0.222. The lowest BCUT2D eigenvalue weighted by Crippen LogP contribution is -2.37. The molecule has 18 heavy (non-hydrogen) atoms. The quantitative estimate of drug-likeness (QED) is 0.762. The van der Waals surface area contributed by atoms with Gasteiger partial charge in [0, 0.05) is 36.7 Å². The van der Waals surface area contributed by atoms with Gasteiger partial charge in [0.15, 0.2) is 0 Å². The van der Waals surface area contributed by atoms with Gasteiger partial charge in [-0.05, 0) is 37.2 Å². The van der Waals surface area contributed by atoms with Gasteiger partial charge in [0.25, 0.3) is 0 Å². The summed E-state index contributed by atoms with van der Waals surface area (Å²) in [5.41, 5.74) is 2.89. The Balaban J connectivity index is 2.10. The third-order valence-electron chi connectivity index (χ3n) is 4.26. The molecule has 1 aliphatic rings. The molecule has 0 aromatic carbocycles. The molecule has 3 heteroatoms. The van der Waals surface area contributed by atoms with Crippen molar-refractivity contribution >= 4 is 17.3 Å². The van der Waals surface area contributed by atoms with Crippen molar-refractivity contribution < 1.29 is 0 Å². The third-order valence-corrected chi connectivity index (χ3v) is 4.55. The lowest BCUT2D eigenvalue weighted by atomic mass is 9.75. The molecule has 1 saturated carbocycles. The van der Waals surface area contributed by atoms with Gasteiger partial charge in [-0.25, -0.2) is 0 Å². The fraction of sp³-hybridized carbons (Fsp3) is 0.667. The van der Waals surface area contributed by atoms with Crippen LogP contribution in [-0.2, 0) is 5.88 Å². The number of hydrogen-bond acceptors (Lipinski definition) is 2. The number of nitrogens with zero attached hydrogens (tertiary/aromatic N) is 2. The number of aromatic nitrogens is 1. The summed E-state index contributed by atoms with van der Waals surface area (Å²) >= 11 is 5.99. The maximum atomic E-state index is 5.99. The van der Waals surface area contributed by atoms with Crippen LogP contribution in [0.5, 0.6) is 0 Å². The van der Waals surface area contributed by atoms with E-state index in [1.165, 1.54) is 31.4 Å². The largest absolute Gasteiger partial charge is 0.371 e. The number of pyridine rings is 1. The molecule has 1 heterocycles. The van der Waals surface area contributed by atoms with Crippen molar-refractivity contribution in [2.75, 3.05) is 11.9 Å². The standard InChI is InChI=1S/C15H23ClN2/c1-15(2)7-4-13(5-8-15)18(3)14-6-9-17-11-12(14)10-16/h6,9,11,13H,4-5,7-8,10H2,1-3H3. The predicted molar refractivity (Wildman–Crippen MR) is 78.2 cm³/mol. The van der Waals surface area contributed by atoms with Crippen molar-refractivity contribution in [3.8, 4) is 0 Å². The van der Waals surface area contributed by atoms with E-state index >= 15 is 0 Å². The molecule has 1 aliphatic carbocycles. The highest BCUT2D eigenvalue weighted by molar-refractivity contribution is 6.17. The molecule has 0 radical (unpaired) electrons. The molecule has 0 saturated heterocycles. The number of alkyl halides is 1. The van der Waals surface area contributed by atoms with Gasteiger partial charge in [-0.15, -0.1) is 11.6 Å². The highest BCUT2D eigenvalue weighted by atomic mass is 35.5. The molecule has 0 bridgehead atoms. The van der Waals surface area contributed by atoms with E-state index in [-0.39, 0.29) is 0 Å². The molecular formula is C15H23ClN2. The van der Waals surface area contributed by atoms with Crippen LogP contribution in [0.25, 0.3) is 0 Å². The van der Waals surface area contributed by atoms with E-state index in [1.807, 2.05) is 12.4 Å². The van der Waals surface area contributed by atoms with Gasteiger partial charge in [0.05, 0.1) is 5.88 Å². The molecule has 0 atom stereocenters. The Kier molecular flexibility index (Phi) is 4.16. The minimum absolute atomic E-state index is 0.519. The van der Waals surface area contributed by atoms with Gasteiger partial charge in [-0.2, -0.15) is 0 Å². The highest BCUT2D eigenvalue weighted by Crippen LogP contribution is 2.38. The van der Waals surface area contributed by atoms with E-state index in [1.54, 1.807) is 0 Å². The van der Waals surface area contributed by atoms with Crippen LogP contribution in [-0.4, -0.2) is 18.1 Å². The first-order chi connectivity index (χ1) is 8.53. The minimum Gasteiger partial charge on any atom is -0.371 e. The lowest BCUT2D eigenvalue weighted by Gasteiger charge is -2.40. The summed E-state index contributed by atoms with van der Waals surface area (Å²) in [6, 6.07) is 2.72. The van der Waals surface area contributed by atoms with Gasteiger partial charge in [-0.3, -0.25) is 4.98 Å². The van der Waals surface area contributed by atoms with Gasteiger partial charge in [-0.1, -0.05) is 13.8 Å². The fourth-order valence-electron chi connectivity index (χ4n) is 2.83. The summed E-state index contributed by atoms with van der Waals surface area (Å²) in [4.78, 5) is 6.55. The van der Waals surface area contributed by atoms with Gasteiger partial charge in [0.2, 0.25) is 0 Å². The van der Waals surface area contributed by atoms with Crippen LogP contribution in [0.1, 0.15) is 45.1 Å². The van der Waals surface area contributed by atoms with Crippen LogP contribution in [0.2, 0.25) is 0 Å². The average molecular weight is 267 g/mol. The van der Waals surface area contributed by atoms with Gasteiger partial charge >= 0.3 is 0 Å². The SMILES string of the molecule is CN(c1ccncc1CCl)C1CCC(C)(C)CC1. The molecule has 1 aromatic rings. The van der Waals surface area contributed by atoms with Crippen LogP contribution >= 0.6 is 11.6 Å². The summed E-state index contributed by atoms with van der Waals surface area (Å²) in [5.74, 6) is 0.533. The third kappa shape index (κ3) is 2.97. The van der Waals surface area contributed by atoms with Crippen molar-refractivity contribution in [3.63, 3.8) is 0 Å². The molecule has 1 aromatic heterocycles. The second-order valence-electron chi connectivity index (χ2n) is 6.14. The molecule has 2 rings (SSSR count). The summed E-state index contributed by atoms with van der Waals surface area (Å²) in [7, 11) is 2.19. The number of anilines is 1. The molecule has 0 spiro atoms. The topological polar surface area (TPSA) is 16.1 Å². The monoisotopic (exact) mass is 266 g/mol. The summed E-state index contributed by atoms with van der Waals surface area (Å²) in [6.45, 7) is 4.75. The zero-order valence-corrected chi connectivity index (χ0v) is 12.4. The van der Waals surface area contributed by atoms with Crippen LogP contribution < -0.4 is 4.90 Å². The summed E-state index contributed by atoms with van der Waals surface area (Å²) in [5, 5.41) is 0. The zero-order valence-electron chi connectivity index (χ0n) is 11.6. The van der Waals surface area contributed by atoms with Crippen molar-refractivity contribution in [3.05, 3.63) is 24.0 Å². The predicted octanol–water partition coefficient (Wildman–Crippen LogP) is 4.23.